The molecule has 10 nitrogen and oxygen atoms in total. The Morgan fingerprint density at radius 3 is 2.14 bits per heavy atom. The fourth-order valence-corrected chi connectivity index (χ4v) is 2.86. The molecule has 0 aliphatic carbocycles. The molecule has 5 atom stereocenters. The Morgan fingerprint density at radius 2 is 1.62 bits per heavy atom. The van der Waals surface area contributed by atoms with Gasteiger partial charge in [-0.2, -0.15) is 0 Å². The van der Waals surface area contributed by atoms with Crippen molar-refractivity contribution in [3.8, 4) is 0 Å². The number of hydrogen-bond acceptors (Lipinski definition) is 9. The lowest BCUT2D eigenvalue weighted by molar-refractivity contribution is -0.277. The molecule has 164 valence electrons. The van der Waals surface area contributed by atoms with E-state index in [2.05, 4.69) is 11.9 Å². The van der Waals surface area contributed by atoms with Gasteiger partial charge < -0.3 is 29.0 Å². The van der Waals surface area contributed by atoms with Crippen LogP contribution in [0.1, 0.15) is 40.5 Å². The van der Waals surface area contributed by atoms with Crippen LogP contribution in [0.2, 0.25) is 0 Å². The molecule has 1 N–H and O–H groups in total. The van der Waals surface area contributed by atoms with Crippen LogP contribution in [-0.2, 0) is 42.9 Å². The number of nitrogens with one attached hydrogen (secondary N) is 1. The maximum atomic E-state index is 11.7. The fourth-order valence-electron chi connectivity index (χ4n) is 2.86. The van der Waals surface area contributed by atoms with Crippen LogP contribution in [-0.4, -0.2) is 67.7 Å². The van der Waals surface area contributed by atoms with Crippen molar-refractivity contribution in [1.82, 2.24) is 5.32 Å². The summed E-state index contributed by atoms with van der Waals surface area (Å²) >= 11 is 0. The molecule has 0 radical (unpaired) electrons. The lowest BCUT2D eigenvalue weighted by Gasteiger charge is -2.44. The second kappa shape index (κ2) is 12.2. The number of carbonyl (C=O) groups is 4. The molecule has 1 fully saturated rings. The highest BCUT2D eigenvalue weighted by Crippen LogP contribution is 2.28. The van der Waals surface area contributed by atoms with Crippen molar-refractivity contribution >= 4 is 23.8 Å². The zero-order chi connectivity index (χ0) is 22.0. The number of unbranched alkanes of at least 4 members (excludes halogenated alkanes) is 1. The maximum absolute atomic E-state index is 11.7. The Balaban J connectivity index is 3.19. The van der Waals surface area contributed by atoms with Gasteiger partial charge >= 0.3 is 17.9 Å². The van der Waals surface area contributed by atoms with E-state index in [-0.39, 0.29) is 13.2 Å². The quantitative estimate of drug-likeness (QED) is 0.236. The summed E-state index contributed by atoms with van der Waals surface area (Å²) in [5.41, 5.74) is 0. The minimum atomic E-state index is -1.12. The van der Waals surface area contributed by atoms with Crippen molar-refractivity contribution in [3.63, 3.8) is 0 Å². The average Bonchev–Trinajstić information content (AvgIpc) is 2.60. The van der Waals surface area contributed by atoms with Crippen LogP contribution in [0.25, 0.3) is 0 Å². The molecule has 1 heterocycles. The molecule has 29 heavy (non-hydrogen) atoms. The third-order valence-electron chi connectivity index (χ3n) is 3.91. The minimum Gasteiger partial charge on any atom is -0.463 e. The smallest absolute Gasteiger partial charge is 0.303 e. The van der Waals surface area contributed by atoms with E-state index in [1.807, 2.05) is 0 Å². The number of allylic oxidation sites excluding steroid dienone is 1. The molecule has 10 heteroatoms. The molecule has 0 bridgehead atoms. The molecule has 1 rings (SSSR count). The highest BCUT2D eigenvalue weighted by atomic mass is 16.7. The van der Waals surface area contributed by atoms with Crippen molar-refractivity contribution in [1.29, 1.82) is 0 Å². The first-order valence-electron chi connectivity index (χ1n) is 9.28. The normalized spacial score (nSPS) is 26.1. The number of carbonyl (C=O) groups excluding carboxylic acids is 4. The summed E-state index contributed by atoms with van der Waals surface area (Å²) in [5.74, 6) is -2.29. The number of amides is 1. The predicted molar refractivity (Wildman–Crippen MR) is 99.4 cm³/mol. The Morgan fingerprint density at radius 1 is 1.00 bits per heavy atom. The van der Waals surface area contributed by atoms with Gasteiger partial charge in [-0.3, -0.25) is 19.2 Å². The third kappa shape index (κ3) is 8.61. The van der Waals surface area contributed by atoms with E-state index < -0.39 is 54.5 Å². The molecule has 5 unspecified atom stereocenters. The molecule has 0 saturated carbocycles. The van der Waals surface area contributed by atoms with Crippen LogP contribution >= 0.6 is 0 Å². The van der Waals surface area contributed by atoms with Crippen molar-refractivity contribution in [2.24, 2.45) is 0 Å². The zero-order valence-corrected chi connectivity index (χ0v) is 17.2. The van der Waals surface area contributed by atoms with E-state index in [0.29, 0.717) is 12.8 Å². The van der Waals surface area contributed by atoms with Crippen LogP contribution in [0.4, 0.5) is 0 Å². The highest BCUT2D eigenvalue weighted by molar-refractivity contribution is 5.73. The standard InChI is InChI=1S/C19H29NO9/c1-6-7-8-9-25-19-16(20-11(2)21)18(28-14(5)24)17(27-13(4)23)15(29-19)10-26-12(3)22/h6,15-19H,1,7-10H2,2-5H3,(H,20,21). The third-order valence-corrected chi connectivity index (χ3v) is 3.91. The summed E-state index contributed by atoms with van der Waals surface area (Å²) < 4.78 is 27.3. The van der Waals surface area contributed by atoms with Crippen molar-refractivity contribution in [2.75, 3.05) is 13.2 Å². The largest absolute Gasteiger partial charge is 0.463 e. The molecule has 1 aliphatic heterocycles. The van der Waals surface area contributed by atoms with Gasteiger partial charge in [0.15, 0.2) is 18.5 Å². The number of ether oxygens (including phenoxy) is 5. The van der Waals surface area contributed by atoms with E-state index in [4.69, 9.17) is 23.7 Å². The van der Waals surface area contributed by atoms with Crippen molar-refractivity contribution < 1.29 is 42.9 Å². The number of hydrogen-bond donors (Lipinski definition) is 1. The van der Waals surface area contributed by atoms with Crippen LogP contribution in [0.3, 0.4) is 0 Å². The first-order valence-corrected chi connectivity index (χ1v) is 9.28. The van der Waals surface area contributed by atoms with Crippen LogP contribution in [0, 0.1) is 0 Å². The van der Waals surface area contributed by atoms with E-state index in [9.17, 15) is 19.2 Å². The second-order valence-corrected chi connectivity index (χ2v) is 6.52. The maximum Gasteiger partial charge on any atom is 0.303 e. The van der Waals surface area contributed by atoms with Gasteiger partial charge in [-0.1, -0.05) is 6.08 Å². The second-order valence-electron chi connectivity index (χ2n) is 6.52. The molecule has 0 spiro atoms. The zero-order valence-electron chi connectivity index (χ0n) is 17.2. The van der Waals surface area contributed by atoms with Crippen LogP contribution < -0.4 is 5.32 Å². The SMILES string of the molecule is C=CCCCOC1OC(COC(C)=O)C(OC(C)=O)C(OC(C)=O)C1NC(C)=O. The summed E-state index contributed by atoms with van der Waals surface area (Å²) in [6, 6.07) is -0.946. The molecule has 1 saturated heterocycles. The van der Waals surface area contributed by atoms with Crippen molar-refractivity contribution in [3.05, 3.63) is 12.7 Å². The van der Waals surface area contributed by atoms with Gasteiger partial charge in [0, 0.05) is 27.7 Å². The van der Waals surface area contributed by atoms with Gasteiger partial charge in [-0.25, -0.2) is 0 Å². The molecular weight excluding hydrogens is 386 g/mol. The van der Waals surface area contributed by atoms with E-state index in [1.165, 1.54) is 27.7 Å². The predicted octanol–water partition coefficient (Wildman–Crippen LogP) is 0.625. The summed E-state index contributed by atoms with van der Waals surface area (Å²) in [7, 11) is 0. The summed E-state index contributed by atoms with van der Waals surface area (Å²) in [6.45, 7) is 8.52. The molecule has 0 aromatic carbocycles. The van der Waals surface area contributed by atoms with E-state index in [0.717, 1.165) is 0 Å². The molecule has 0 aromatic heterocycles. The summed E-state index contributed by atoms with van der Waals surface area (Å²) in [5, 5.41) is 2.63. The first-order chi connectivity index (χ1) is 13.6. The molecule has 1 amide bonds. The fraction of sp³-hybridized carbons (Fsp3) is 0.684. The Hall–Kier alpha value is -2.46. The van der Waals surface area contributed by atoms with Crippen LogP contribution in [0.15, 0.2) is 12.7 Å². The highest BCUT2D eigenvalue weighted by Gasteiger charge is 2.51. The first kappa shape index (κ1) is 24.6. The number of rotatable bonds is 10. The van der Waals surface area contributed by atoms with Gasteiger partial charge in [-0.05, 0) is 12.8 Å². The molecule has 1 aliphatic rings. The average molecular weight is 415 g/mol. The van der Waals surface area contributed by atoms with E-state index in [1.54, 1.807) is 6.08 Å². The Labute approximate surface area is 169 Å². The molecular formula is C19H29NO9. The van der Waals surface area contributed by atoms with E-state index >= 15 is 0 Å². The van der Waals surface area contributed by atoms with Crippen molar-refractivity contribution in [2.45, 2.75) is 71.2 Å². The van der Waals surface area contributed by atoms with Gasteiger partial charge in [0.2, 0.25) is 5.91 Å². The van der Waals surface area contributed by atoms with Gasteiger partial charge in [0.05, 0.1) is 6.61 Å². The topological polar surface area (TPSA) is 126 Å². The number of esters is 3. The van der Waals surface area contributed by atoms with Gasteiger partial charge in [0.1, 0.15) is 18.8 Å². The van der Waals surface area contributed by atoms with Gasteiger partial charge in [0.25, 0.3) is 0 Å². The minimum absolute atomic E-state index is 0.260. The summed E-state index contributed by atoms with van der Waals surface area (Å²) in [6.07, 6.45) is -1.14. The lowest BCUT2D eigenvalue weighted by Crippen LogP contribution is -2.66. The van der Waals surface area contributed by atoms with Gasteiger partial charge in [-0.15, -0.1) is 6.58 Å². The van der Waals surface area contributed by atoms with Crippen LogP contribution in [0.5, 0.6) is 0 Å². The summed E-state index contributed by atoms with van der Waals surface area (Å²) in [4.78, 5) is 46.3. The Kier molecular flexibility index (Phi) is 10.3. The molecule has 0 aromatic rings. The lowest BCUT2D eigenvalue weighted by atomic mass is 9.96. The monoisotopic (exact) mass is 415 g/mol. The Bertz CT molecular complexity index is 606.